The van der Waals surface area contributed by atoms with Crippen LogP contribution >= 0.6 is 11.3 Å². The van der Waals surface area contributed by atoms with Crippen LogP contribution in [0.25, 0.3) is 0 Å². The van der Waals surface area contributed by atoms with Gasteiger partial charge in [0.2, 0.25) is 0 Å². The van der Waals surface area contributed by atoms with Crippen LogP contribution in [0.3, 0.4) is 0 Å². The Balaban J connectivity index is 1.52. The van der Waals surface area contributed by atoms with Gasteiger partial charge >= 0.3 is 0 Å². The van der Waals surface area contributed by atoms with Crippen molar-refractivity contribution < 1.29 is 4.74 Å². The standard InChI is InChI=1S/C15H24N4OS/c1-3-16-15(17-7-6-11-9-21-10(2)18-11)19-13-8-12-4-5-14(13)20-12/h9,12-14H,3-8H2,1-2H3,(H2,16,17,19). The molecule has 5 nitrogen and oxygen atoms in total. The van der Waals surface area contributed by atoms with Crippen molar-refractivity contribution in [2.75, 3.05) is 13.1 Å². The number of nitrogens with zero attached hydrogens (tertiary/aromatic N) is 2. The van der Waals surface area contributed by atoms with Gasteiger partial charge in [-0.2, -0.15) is 0 Å². The normalized spacial score (nSPS) is 28.1. The fourth-order valence-electron chi connectivity index (χ4n) is 3.09. The van der Waals surface area contributed by atoms with E-state index in [0.717, 1.165) is 42.6 Å². The Kier molecular flexibility index (Phi) is 4.75. The molecule has 2 aliphatic heterocycles. The van der Waals surface area contributed by atoms with E-state index < -0.39 is 0 Å². The first-order valence-electron chi connectivity index (χ1n) is 7.86. The highest BCUT2D eigenvalue weighted by Gasteiger charge is 2.41. The van der Waals surface area contributed by atoms with E-state index in [0.29, 0.717) is 18.2 Å². The number of aromatic nitrogens is 1. The molecule has 3 atom stereocenters. The molecule has 6 heteroatoms. The van der Waals surface area contributed by atoms with E-state index in [4.69, 9.17) is 4.74 Å². The Morgan fingerprint density at radius 2 is 2.43 bits per heavy atom. The highest BCUT2D eigenvalue weighted by Crippen LogP contribution is 2.34. The van der Waals surface area contributed by atoms with Crippen molar-refractivity contribution in [2.24, 2.45) is 4.99 Å². The van der Waals surface area contributed by atoms with Crippen molar-refractivity contribution in [3.05, 3.63) is 16.1 Å². The first-order valence-corrected chi connectivity index (χ1v) is 8.74. The Labute approximate surface area is 130 Å². The van der Waals surface area contributed by atoms with Gasteiger partial charge in [-0.3, -0.25) is 4.99 Å². The van der Waals surface area contributed by atoms with Gasteiger partial charge in [-0.15, -0.1) is 11.3 Å². The van der Waals surface area contributed by atoms with Crippen LogP contribution in [0.15, 0.2) is 10.4 Å². The monoisotopic (exact) mass is 308 g/mol. The molecule has 2 fully saturated rings. The molecule has 21 heavy (non-hydrogen) atoms. The summed E-state index contributed by atoms with van der Waals surface area (Å²) >= 11 is 1.70. The SMILES string of the molecule is CCNC(=NCCc1csc(C)n1)NC1CC2CCC1O2. The zero-order valence-corrected chi connectivity index (χ0v) is 13.6. The lowest BCUT2D eigenvalue weighted by Gasteiger charge is -2.22. The second kappa shape index (κ2) is 6.75. The first-order chi connectivity index (χ1) is 10.2. The summed E-state index contributed by atoms with van der Waals surface area (Å²) in [5.74, 6) is 0.908. The molecule has 3 unspecified atom stereocenters. The molecule has 2 saturated heterocycles. The number of ether oxygens (including phenoxy) is 1. The van der Waals surface area contributed by atoms with E-state index in [9.17, 15) is 0 Å². The topological polar surface area (TPSA) is 58.5 Å². The molecule has 2 aliphatic rings. The number of thiazole rings is 1. The van der Waals surface area contributed by atoms with Crippen LogP contribution in [0.5, 0.6) is 0 Å². The van der Waals surface area contributed by atoms with Crippen molar-refractivity contribution >= 4 is 17.3 Å². The second-order valence-corrected chi connectivity index (χ2v) is 6.79. The maximum Gasteiger partial charge on any atom is 0.191 e. The molecule has 1 aromatic heterocycles. The van der Waals surface area contributed by atoms with Crippen LogP contribution in [0, 0.1) is 6.92 Å². The van der Waals surface area contributed by atoms with Gasteiger partial charge in [-0.05, 0) is 33.1 Å². The lowest BCUT2D eigenvalue weighted by Crippen LogP contribution is -2.47. The summed E-state index contributed by atoms with van der Waals surface area (Å²) in [6.45, 7) is 5.78. The summed E-state index contributed by atoms with van der Waals surface area (Å²) in [6, 6.07) is 0.420. The van der Waals surface area contributed by atoms with E-state index in [1.807, 2.05) is 6.92 Å². The Bertz CT molecular complexity index is 502. The average Bonchev–Trinajstić information content (AvgIpc) is 3.16. The Hall–Kier alpha value is -1.14. The third-order valence-corrected chi connectivity index (χ3v) is 4.90. The number of fused-ring (bicyclic) bond motifs is 2. The summed E-state index contributed by atoms with van der Waals surface area (Å²) in [7, 11) is 0. The van der Waals surface area contributed by atoms with E-state index in [1.165, 1.54) is 12.8 Å². The number of nitrogens with one attached hydrogen (secondary N) is 2. The van der Waals surface area contributed by atoms with Crippen LogP contribution < -0.4 is 10.6 Å². The van der Waals surface area contributed by atoms with Gasteiger partial charge < -0.3 is 15.4 Å². The summed E-state index contributed by atoms with van der Waals surface area (Å²) in [6.07, 6.45) is 5.25. The molecular formula is C15H24N4OS. The molecule has 1 aromatic rings. The molecule has 0 saturated carbocycles. The minimum Gasteiger partial charge on any atom is -0.373 e. The van der Waals surface area contributed by atoms with Gasteiger partial charge in [0.05, 0.1) is 29.0 Å². The third-order valence-electron chi connectivity index (χ3n) is 4.08. The molecule has 0 amide bonds. The van der Waals surface area contributed by atoms with Crippen molar-refractivity contribution in [3.63, 3.8) is 0 Å². The van der Waals surface area contributed by atoms with E-state index in [1.54, 1.807) is 11.3 Å². The first kappa shape index (κ1) is 14.8. The van der Waals surface area contributed by atoms with Crippen LogP contribution in [0.2, 0.25) is 0 Å². The number of aryl methyl sites for hydroxylation is 1. The van der Waals surface area contributed by atoms with E-state index in [2.05, 4.69) is 32.9 Å². The zero-order chi connectivity index (χ0) is 14.7. The number of guanidine groups is 1. The zero-order valence-electron chi connectivity index (χ0n) is 12.8. The number of hydrogen-bond donors (Lipinski definition) is 2. The quantitative estimate of drug-likeness (QED) is 0.644. The maximum absolute atomic E-state index is 5.89. The number of aliphatic imine (C=N–C) groups is 1. The predicted molar refractivity (Wildman–Crippen MR) is 86.0 cm³/mol. The smallest absolute Gasteiger partial charge is 0.191 e. The van der Waals surface area contributed by atoms with Crippen LogP contribution in [0.1, 0.15) is 36.9 Å². The number of rotatable bonds is 5. The summed E-state index contributed by atoms with van der Waals surface area (Å²) in [5.41, 5.74) is 1.14. The van der Waals surface area contributed by atoms with Crippen molar-refractivity contribution in [3.8, 4) is 0 Å². The molecule has 3 heterocycles. The van der Waals surface area contributed by atoms with Gasteiger partial charge in [-0.1, -0.05) is 0 Å². The molecule has 0 spiro atoms. The number of hydrogen-bond acceptors (Lipinski definition) is 4. The van der Waals surface area contributed by atoms with Gasteiger partial charge in [0, 0.05) is 24.9 Å². The summed E-state index contributed by atoms with van der Waals surface area (Å²) < 4.78 is 5.89. The largest absolute Gasteiger partial charge is 0.373 e. The predicted octanol–water partition coefficient (Wildman–Crippen LogP) is 1.87. The van der Waals surface area contributed by atoms with Gasteiger partial charge in [0.15, 0.2) is 5.96 Å². The maximum atomic E-state index is 5.89. The minimum absolute atomic E-state index is 0.375. The van der Waals surface area contributed by atoms with Gasteiger partial charge in [0.25, 0.3) is 0 Å². The fraction of sp³-hybridized carbons (Fsp3) is 0.733. The lowest BCUT2D eigenvalue weighted by atomic mass is 9.96. The highest BCUT2D eigenvalue weighted by molar-refractivity contribution is 7.09. The van der Waals surface area contributed by atoms with Crippen molar-refractivity contribution in [1.29, 1.82) is 0 Å². The van der Waals surface area contributed by atoms with Crippen LogP contribution in [-0.4, -0.2) is 42.3 Å². The van der Waals surface area contributed by atoms with E-state index >= 15 is 0 Å². The Morgan fingerprint density at radius 3 is 3.05 bits per heavy atom. The molecule has 0 aliphatic carbocycles. The molecule has 0 aromatic carbocycles. The highest BCUT2D eigenvalue weighted by atomic mass is 32.1. The van der Waals surface area contributed by atoms with Crippen molar-refractivity contribution in [1.82, 2.24) is 15.6 Å². The minimum atomic E-state index is 0.375. The molecule has 116 valence electrons. The summed E-state index contributed by atoms with van der Waals surface area (Å²) in [4.78, 5) is 9.14. The van der Waals surface area contributed by atoms with E-state index in [-0.39, 0.29) is 0 Å². The van der Waals surface area contributed by atoms with Gasteiger partial charge in [-0.25, -0.2) is 4.98 Å². The fourth-order valence-corrected chi connectivity index (χ4v) is 3.74. The Morgan fingerprint density at radius 1 is 1.52 bits per heavy atom. The molecule has 3 rings (SSSR count). The second-order valence-electron chi connectivity index (χ2n) is 5.73. The summed E-state index contributed by atoms with van der Waals surface area (Å²) in [5, 5.41) is 10.1. The van der Waals surface area contributed by atoms with Crippen LogP contribution in [0.4, 0.5) is 0 Å². The molecule has 2 N–H and O–H groups in total. The third kappa shape index (κ3) is 3.74. The molecule has 0 radical (unpaired) electrons. The lowest BCUT2D eigenvalue weighted by molar-refractivity contribution is 0.0992. The molecular weight excluding hydrogens is 284 g/mol. The average molecular weight is 308 g/mol. The van der Waals surface area contributed by atoms with Crippen LogP contribution in [-0.2, 0) is 11.2 Å². The van der Waals surface area contributed by atoms with Gasteiger partial charge in [0.1, 0.15) is 0 Å². The molecule has 2 bridgehead atoms. The van der Waals surface area contributed by atoms with Crippen molar-refractivity contribution in [2.45, 2.75) is 57.8 Å².